The van der Waals surface area contributed by atoms with Crippen molar-refractivity contribution in [1.29, 1.82) is 0 Å². The van der Waals surface area contributed by atoms with Crippen molar-refractivity contribution in [3.8, 4) is 21.9 Å². The fourth-order valence-electron chi connectivity index (χ4n) is 2.25. The fraction of sp³-hybridized carbons (Fsp3) is 0.158. The molecule has 1 amide bonds. The molecule has 5 nitrogen and oxygen atoms in total. The Labute approximate surface area is 150 Å². The van der Waals surface area contributed by atoms with E-state index in [0.29, 0.717) is 18.0 Å². The van der Waals surface area contributed by atoms with Crippen LogP contribution in [0.3, 0.4) is 0 Å². The second kappa shape index (κ2) is 8.30. The molecular formula is C19H18N2O3S. The van der Waals surface area contributed by atoms with Crippen molar-refractivity contribution < 1.29 is 14.3 Å². The smallest absolute Gasteiger partial charge is 0.258 e. The van der Waals surface area contributed by atoms with Gasteiger partial charge in [-0.1, -0.05) is 12.1 Å². The van der Waals surface area contributed by atoms with Crippen LogP contribution in [-0.4, -0.2) is 24.6 Å². The molecular weight excluding hydrogens is 336 g/mol. The summed E-state index contributed by atoms with van der Waals surface area (Å²) in [5.74, 6) is 1.09. The lowest BCUT2D eigenvalue weighted by atomic mass is 10.2. The van der Waals surface area contributed by atoms with Gasteiger partial charge in [-0.2, -0.15) is 0 Å². The number of nitrogens with zero attached hydrogens (tertiary/aromatic N) is 1. The number of thiophene rings is 1. The van der Waals surface area contributed by atoms with Crippen molar-refractivity contribution in [1.82, 2.24) is 10.3 Å². The SMILES string of the molecule is COc1cccc(OCC(=O)NCc2cncc(-c3cccs3)c2)c1. The first-order valence-electron chi connectivity index (χ1n) is 7.76. The molecule has 0 bridgehead atoms. The van der Waals surface area contributed by atoms with Gasteiger partial charge >= 0.3 is 0 Å². The van der Waals surface area contributed by atoms with Crippen molar-refractivity contribution in [3.63, 3.8) is 0 Å². The lowest BCUT2D eigenvalue weighted by Crippen LogP contribution is -2.28. The molecule has 6 heteroatoms. The van der Waals surface area contributed by atoms with Gasteiger partial charge in [-0.25, -0.2) is 0 Å². The van der Waals surface area contributed by atoms with Crippen LogP contribution < -0.4 is 14.8 Å². The Hall–Kier alpha value is -2.86. The van der Waals surface area contributed by atoms with Crippen LogP contribution in [0.4, 0.5) is 0 Å². The number of pyridine rings is 1. The third kappa shape index (κ3) is 4.81. The summed E-state index contributed by atoms with van der Waals surface area (Å²) in [5.41, 5.74) is 2.00. The van der Waals surface area contributed by atoms with E-state index in [4.69, 9.17) is 9.47 Å². The highest BCUT2D eigenvalue weighted by Gasteiger charge is 2.05. The molecule has 0 aliphatic rings. The molecule has 3 aromatic rings. The topological polar surface area (TPSA) is 60.5 Å². The van der Waals surface area contributed by atoms with E-state index in [-0.39, 0.29) is 12.5 Å². The zero-order valence-corrected chi connectivity index (χ0v) is 14.6. The van der Waals surface area contributed by atoms with E-state index in [0.717, 1.165) is 16.0 Å². The summed E-state index contributed by atoms with van der Waals surface area (Å²) in [5, 5.41) is 4.87. The maximum Gasteiger partial charge on any atom is 0.258 e. The molecule has 0 radical (unpaired) electrons. The summed E-state index contributed by atoms with van der Waals surface area (Å²) >= 11 is 1.66. The molecule has 0 fully saturated rings. The largest absolute Gasteiger partial charge is 0.497 e. The summed E-state index contributed by atoms with van der Waals surface area (Å²) in [6, 6.07) is 13.2. The van der Waals surface area contributed by atoms with Crippen LogP contribution in [0, 0.1) is 0 Å². The van der Waals surface area contributed by atoms with Gasteiger partial charge in [0.25, 0.3) is 5.91 Å². The van der Waals surface area contributed by atoms with Crippen LogP contribution in [0.15, 0.2) is 60.2 Å². The number of benzene rings is 1. The number of amides is 1. The zero-order chi connectivity index (χ0) is 17.5. The quantitative estimate of drug-likeness (QED) is 0.705. The monoisotopic (exact) mass is 354 g/mol. The van der Waals surface area contributed by atoms with E-state index in [1.807, 2.05) is 41.9 Å². The summed E-state index contributed by atoms with van der Waals surface area (Å²) in [7, 11) is 1.59. The number of carbonyl (C=O) groups is 1. The molecule has 0 spiro atoms. The summed E-state index contributed by atoms with van der Waals surface area (Å²) < 4.78 is 10.6. The molecule has 0 unspecified atom stereocenters. The number of hydrogen-bond acceptors (Lipinski definition) is 5. The number of hydrogen-bond donors (Lipinski definition) is 1. The van der Waals surface area contributed by atoms with Crippen LogP contribution in [0.5, 0.6) is 11.5 Å². The summed E-state index contributed by atoms with van der Waals surface area (Å²) in [4.78, 5) is 17.4. The number of methoxy groups -OCH3 is 1. The Morgan fingerprint density at radius 1 is 1.16 bits per heavy atom. The number of nitrogens with one attached hydrogen (secondary N) is 1. The maximum absolute atomic E-state index is 12.0. The van der Waals surface area contributed by atoms with Crippen molar-refractivity contribution in [2.45, 2.75) is 6.54 Å². The van der Waals surface area contributed by atoms with Gasteiger partial charge < -0.3 is 14.8 Å². The fourth-order valence-corrected chi connectivity index (χ4v) is 2.96. The second-order valence-corrected chi connectivity index (χ2v) is 6.25. The first-order chi connectivity index (χ1) is 12.2. The lowest BCUT2D eigenvalue weighted by molar-refractivity contribution is -0.123. The van der Waals surface area contributed by atoms with Crippen LogP contribution >= 0.6 is 11.3 Å². The number of carbonyl (C=O) groups excluding carboxylic acids is 1. The predicted molar refractivity (Wildman–Crippen MR) is 97.9 cm³/mol. The first kappa shape index (κ1) is 17.0. The van der Waals surface area contributed by atoms with Gasteiger partial charge in [0.15, 0.2) is 6.61 Å². The van der Waals surface area contributed by atoms with Crippen molar-refractivity contribution in [3.05, 3.63) is 65.8 Å². The molecule has 3 rings (SSSR count). The van der Waals surface area contributed by atoms with Crippen molar-refractivity contribution >= 4 is 17.2 Å². The first-order valence-corrected chi connectivity index (χ1v) is 8.64. The third-order valence-corrected chi connectivity index (χ3v) is 4.42. The van der Waals surface area contributed by atoms with E-state index in [1.165, 1.54) is 0 Å². The van der Waals surface area contributed by atoms with E-state index >= 15 is 0 Å². The highest BCUT2D eigenvalue weighted by Crippen LogP contribution is 2.24. The van der Waals surface area contributed by atoms with Crippen LogP contribution in [0.2, 0.25) is 0 Å². The molecule has 1 aromatic carbocycles. The van der Waals surface area contributed by atoms with Crippen LogP contribution in [0.1, 0.15) is 5.56 Å². The Morgan fingerprint density at radius 2 is 2.04 bits per heavy atom. The van der Waals surface area contributed by atoms with Gasteiger partial charge in [0.1, 0.15) is 11.5 Å². The van der Waals surface area contributed by atoms with Crippen molar-refractivity contribution in [2.75, 3.05) is 13.7 Å². The van der Waals surface area contributed by atoms with Gasteiger partial charge in [-0.05, 0) is 35.2 Å². The van der Waals surface area contributed by atoms with Crippen LogP contribution in [-0.2, 0) is 11.3 Å². The maximum atomic E-state index is 12.0. The molecule has 0 saturated heterocycles. The summed E-state index contributed by atoms with van der Waals surface area (Å²) in [6.07, 6.45) is 3.57. The molecule has 0 aliphatic carbocycles. The van der Waals surface area contributed by atoms with Gasteiger partial charge in [0.2, 0.25) is 0 Å². The van der Waals surface area contributed by atoms with E-state index in [2.05, 4.69) is 10.3 Å². The second-order valence-electron chi connectivity index (χ2n) is 5.30. The van der Waals surface area contributed by atoms with E-state index in [9.17, 15) is 4.79 Å². The third-order valence-electron chi connectivity index (χ3n) is 3.50. The van der Waals surface area contributed by atoms with Gasteiger partial charge in [-0.3, -0.25) is 9.78 Å². The minimum absolute atomic E-state index is 0.0504. The van der Waals surface area contributed by atoms with E-state index < -0.39 is 0 Å². The van der Waals surface area contributed by atoms with Crippen LogP contribution in [0.25, 0.3) is 10.4 Å². The molecule has 0 saturated carbocycles. The van der Waals surface area contributed by atoms with Gasteiger partial charge in [0.05, 0.1) is 7.11 Å². The lowest BCUT2D eigenvalue weighted by Gasteiger charge is -2.09. The Balaban J connectivity index is 1.51. The molecule has 0 aliphatic heterocycles. The van der Waals surface area contributed by atoms with Gasteiger partial charge in [0, 0.05) is 35.4 Å². The normalized spacial score (nSPS) is 10.3. The summed E-state index contributed by atoms with van der Waals surface area (Å²) in [6.45, 7) is 0.359. The average molecular weight is 354 g/mol. The number of rotatable bonds is 7. The minimum atomic E-state index is -0.190. The average Bonchev–Trinajstić information content (AvgIpc) is 3.20. The zero-order valence-electron chi connectivity index (χ0n) is 13.8. The van der Waals surface area contributed by atoms with Gasteiger partial charge in [-0.15, -0.1) is 11.3 Å². The molecule has 2 heterocycles. The number of aromatic nitrogens is 1. The highest BCUT2D eigenvalue weighted by molar-refractivity contribution is 7.13. The minimum Gasteiger partial charge on any atom is -0.497 e. The highest BCUT2D eigenvalue weighted by atomic mass is 32.1. The molecule has 128 valence electrons. The standard InChI is InChI=1S/C19H18N2O3S/c1-23-16-4-2-5-17(9-16)24-13-19(22)21-11-14-8-15(12-20-10-14)18-6-3-7-25-18/h2-10,12H,11,13H2,1H3,(H,21,22). The molecule has 1 N–H and O–H groups in total. The number of ether oxygens (including phenoxy) is 2. The van der Waals surface area contributed by atoms with E-state index in [1.54, 1.807) is 36.8 Å². The van der Waals surface area contributed by atoms with Crippen molar-refractivity contribution in [2.24, 2.45) is 0 Å². The Bertz CT molecular complexity index is 834. The molecule has 0 atom stereocenters. The molecule has 2 aromatic heterocycles. The Kier molecular flexibility index (Phi) is 5.64. The molecule has 25 heavy (non-hydrogen) atoms. The Morgan fingerprint density at radius 3 is 2.84 bits per heavy atom. The predicted octanol–water partition coefficient (Wildman–Crippen LogP) is 3.51.